The third kappa shape index (κ3) is 4.79. The molecule has 0 aliphatic carbocycles. The van der Waals surface area contributed by atoms with E-state index in [9.17, 15) is 4.79 Å². The van der Waals surface area contributed by atoms with Crippen molar-refractivity contribution in [2.45, 2.75) is 32.4 Å². The van der Waals surface area contributed by atoms with E-state index in [1.54, 1.807) is 24.0 Å². The molecule has 0 aromatic carbocycles. The Morgan fingerprint density at radius 3 is 2.95 bits per heavy atom. The Hall–Kier alpha value is -2.01. The molecule has 5 heteroatoms. The van der Waals surface area contributed by atoms with Crippen LogP contribution < -0.4 is 10.9 Å². The Kier molecular flexibility index (Phi) is 5.63. The maximum atomic E-state index is 11.7. The van der Waals surface area contributed by atoms with Gasteiger partial charge in [-0.1, -0.05) is 0 Å². The van der Waals surface area contributed by atoms with Crippen LogP contribution in [0.15, 0.2) is 45.9 Å². The summed E-state index contributed by atoms with van der Waals surface area (Å²) in [6.45, 7) is 3.20. The molecule has 2 heterocycles. The molecule has 0 bridgehead atoms. The summed E-state index contributed by atoms with van der Waals surface area (Å²) in [5.74, 6) is 0.994. The first-order valence-corrected chi connectivity index (χ1v) is 7.17. The lowest BCUT2D eigenvalue weighted by Crippen LogP contribution is -2.23. The van der Waals surface area contributed by atoms with Gasteiger partial charge in [-0.3, -0.25) is 4.79 Å². The summed E-state index contributed by atoms with van der Waals surface area (Å²) in [4.78, 5) is 11.7. The molecular weight excluding hydrogens is 268 g/mol. The number of aryl methyl sites for hydroxylation is 1. The molecule has 0 radical (unpaired) electrons. The fourth-order valence-corrected chi connectivity index (χ4v) is 2.15. The summed E-state index contributed by atoms with van der Waals surface area (Å²) in [7, 11) is 1.63. The largest absolute Gasteiger partial charge is 0.469 e. The van der Waals surface area contributed by atoms with Gasteiger partial charge < -0.3 is 19.0 Å². The van der Waals surface area contributed by atoms with Crippen LogP contribution in [0.3, 0.4) is 0 Å². The van der Waals surface area contributed by atoms with Crippen molar-refractivity contribution in [3.8, 4) is 0 Å². The Labute approximate surface area is 124 Å². The molecule has 0 amide bonds. The number of furan rings is 1. The number of hydrogen-bond acceptors (Lipinski definition) is 4. The highest BCUT2D eigenvalue weighted by molar-refractivity contribution is 5.41. The van der Waals surface area contributed by atoms with E-state index in [1.807, 2.05) is 24.4 Å². The van der Waals surface area contributed by atoms with Crippen molar-refractivity contribution < 1.29 is 9.15 Å². The monoisotopic (exact) mass is 290 g/mol. The van der Waals surface area contributed by atoms with Crippen molar-refractivity contribution in [1.29, 1.82) is 0 Å². The van der Waals surface area contributed by atoms with Crippen molar-refractivity contribution in [3.63, 3.8) is 0 Å². The summed E-state index contributed by atoms with van der Waals surface area (Å²) in [6.07, 6.45) is 5.39. The van der Waals surface area contributed by atoms with E-state index < -0.39 is 0 Å². The molecular formula is C16H22N2O3. The van der Waals surface area contributed by atoms with Gasteiger partial charge in [0.2, 0.25) is 0 Å². The highest BCUT2D eigenvalue weighted by Crippen LogP contribution is 2.11. The number of hydrogen-bond donors (Lipinski definition) is 1. The summed E-state index contributed by atoms with van der Waals surface area (Å²) in [6, 6.07) is 7.58. The average molecular weight is 290 g/mol. The highest BCUT2D eigenvalue weighted by atomic mass is 16.5. The molecule has 114 valence electrons. The van der Waals surface area contributed by atoms with Crippen LogP contribution in [0.4, 0.5) is 5.69 Å². The van der Waals surface area contributed by atoms with E-state index in [0.29, 0.717) is 19.2 Å². The second-order valence-corrected chi connectivity index (χ2v) is 5.11. The van der Waals surface area contributed by atoms with Crippen molar-refractivity contribution in [1.82, 2.24) is 4.57 Å². The van der Waals surface area contributed by atoms with Gasteiger partial charge in [-0.05, 0) is 31.5 Å². The number of methoxy groups -OCH3 is 1. The standard InChI is InChI=1S/C16H22N2O3/c1-13(5-7-15-4-3-10-21-15)17-14-6-8-16(19)18(12-14)9-11-20-2/h3-4,6,8,10,12-13,17H,5,7,9,11H2,1-2H3. The molecule has 1 N–H and O–H groups in total. The molecule has 2 rings (SSSR count). The van der Waals surface area contributed by atoms with Gasteiger partial charge in [0.1, 0.15) is 5.76 Å². The molecule has 2 aromatic rings. The predicted octanol–water partition coefficient (Wildman–Crippen LogP) is 2.52. The minimum absolute atomic E-state index is 0.0131. The fraction of sp³-hybridized carbons (Fsp3) is 0.438. The minimum atomic E-state index is -0.0131. The van der Waals surface area contributed by atoms with E-state index in [0.717, 1.165) is 24.3 Å². The van der Waals surface area contributed by atoms with E-state index in [4.69, 9.17) is 9.15 Å². The number of ether oxygens (including phenoxy) is 1. The highest BCUT2D eigenvalue weighted by Gasteiger charge is 2.05. The fourth-order valence-electron chi connectivity index (χ4n) is 2.15. The molecule has 0 spiro atoms. The molecule has 21 heavy (non-hydrogen) atoms. The second-order valence-electron chi connectivity index (χ2n) is 5.11. The van der Waals surface area contributed by atoms with Crippen LogP contribution in [0.25, 0.3) is 0 Å². The molecule has 1 unspecified atom stereocenters. The summed E-state index contributed by atoms with van der Waals surface area (Å²) >= 11 is 0. The van der Waals surface area contributed by atoms with Crippen molar-refractivity contribution in [2.24, 2.45) is 0 Å². The first kappa shape index (κ1) is 15.4. The number of rotatable bonds is 8. The van der Waals surface area contributed by atoms with Crippen LogP contribution >= 0.6 is 0 Å². The van der Waals surface area contributed by atoms with Gasteiger partial charge in [-0.15, -0.1) is 0 Å². The zero-order valence-corrected chi connectivity index (χ0v) is 12.5. The Balaban J connectivity index is 1.90. The molecule has 2 aromatic heterocycles. The van der Waals surface area contributed by atoms with Crippen molar-refractivity contribution in [3.05, 3.63) is 52.8 Å². The van der Waals surface area contributed by atoms with Crippen LogP contribution in [0.1, 0.15) is 19.1 Å². The Morgan fingerprint density at radius 1 is 1.38 bits per heavy atom. The molecule has 5 nitrogen and oxygen atoms in total. The van der Waals surface area contributed by atoms with Crippen LogP contribution in [-0.2, 0) is 17.7 Å². The lowest BCUT2D eigenvalue weighted by molar-refractivity contribution is 0.186. The summed E-state index contributed by atoms with van der Waals surface area (Å²) < 4.78 is 12.0. The van der Waals surface area contributed by atoms with Crippen LogP contribution in [0.2, 0.25) is 0 Å². The van der Waals surface area contributed by atoms with Crippen molar-refractivity contribution >= 4 is 5.69 Å². The quantitative estimate of drug-likeness (QED) is 0.811. The SMILES string of the molecule is COCCn1cc(NC(C)CCc2ccco2)ccc1=O. The van der Waals surface area contributed by atoms with E-state index >= 15 is 0 Å². The van der Waals surface area contributed by atoms with E-state index in [-0.39, 0.29) is 5.56 Å². The van der Waals surface area contributed by atoms with Gasteiger partial charge in [0.15, 0.2) is 0 Å². The predicted molar refractivity (Wildman–Crippen MR) is 82.7 cm³/mol. The van der Waals surface area contributed by atoms with Gasteiger partial charge >= 0.3 is 0 Å². The van der Waals surface area contributed by atoms with Crippen LogP contribution in [-0.4, -0.2) is 24.3 Å². The lowest BCUT2D eigenvalue weighted by atomic mass is 10.1. The number of anilines is 1. The average Bonchev–Trinajstić information content (AvgIpc) is 2.99. The smallest absolute Gasteiger partial charge is 0.250 e. The zero-order chi connectivity index (χ0) is 15.1. The zero-order valence-electron chi connectivity index (χ0n) is 12.5. The van der Waals surface area contributed by atoms with Crippen LogP contribution in [0, 0.1) is 0 Å². The van der Waals surface area contributed by atoms with Crippen LogP contribution in [0.5, 0.6) is 0 Å². The number of nitrogens with one attached hydrogen (secondary N) is 1. The normalized spacial score (nSPS) is 12.3. The third-order valence-corrected chi connectivity index (χ3v) is 3.34. The first-order valence-electron chi connectivity index (χ1n) is 7.17. The van der Waals surface area contributed by atoms with Gasteiger partial charge in [0.05, 0.1) is 18.6 Å². The number of nitrogens with zero attached hydrogens (tertiary/aromatic N) is 1. The summed E-state index contributed by atoms with van der Waals surface area (Å²) in [5, 5.41) is 3.41. The van der Waals surface area contributed by atoms with Gasteiger partial charge in [-0.25, -0.2) is 0 Å². The Morgan fingerprint density at radius 2 is 2.24 bits per heavy atom. The van der Waals surface area contributed by atoms with Gasteiger partial charge in [0.25, 0.3) is 5.56 Å². The van der Waals surface area contributed by atoms with Gasteiger partial charge in [-0.2, -0.15) is 0 Å². The maximum Gasteiger partial charge on any atom is 0.250 e. The third-order valence-electron chi connectivity index (χ3n) is 3.34. The summed E-state index contributed by atoms with van der Waals surface area (Å²) in [5.41, 5.74) is 0.929. The van der Waals surface area contributed by atoms with Crippen molar-refractivity contribution in [2.75, 3.05) is 19.0 Å². The first-order chi connectivity index (χ1) is 10.2. The molecule has 1 atom stereocenters. The van der Waals surface area contributed by atoms with Gasteiger partial charge in [0, 0.05) is 38.4 Å². The second kappa shape index (κ2) is 7.69. The number of aromatic nitrogens is 1. The lowest BCUT2D eigenvalue weighted by Gasteiger charge is -2.16. The molecule has 0 aliphatic heterocycles. The van der Waals surface area contributed by atoms with E-state index in [1.165, 1.54) is 0 Å². The molecule has 0 aliphatic rings. The minimum Gasteiger partial charge on any atom is -0.469 e. The van der Waals surface area contributed by atoms with E-state index in [2.05, 4.69) is 12.2 Å². The molecule has 0 fully saturated rings. The Bertz CT molecular complexity index is 590. The molecule has 0 saturated heterocycles. The number of pyridine rings is 1. The molecule has 0 saturated carbocycles. The maximum absolute atomic E-state index is 11.7. The topological polar surface area (TPSA) is 56.4 Å².